The highest BCUT2D eigenvalue weighted by Gasteiger charge is 2.54. The van der Waals surface area contributed by atoms with Crippen molar-refractivity contribution in [2.24, 2.45) is 0 Å². The maximum Gasteiger partial charge on any atom is 0.410 e. The van der Waals surface area contributed by atoms with Crippen molar-refractivity contribution in [3.63, 3.8) is 0 Å². The Balaban J connectivity index is 1.90. The van der Waals surface area contributed by atoms with Crippen LogP contribution in [0.1, 0.15) is 51.5 Å². The Hall–Kier alpha value is -1.37. The first kappa shape index (κ1) is 16.5. The van der Waals surface area contributed by atoms with E-state index >= 15 is 0 Å². The van der Waals surface area contributed by atoms with Crippen LogP contribution >= 0.6 is 11.6 Å². The molecule has 6 nitrogen and oxygen atoms in total. The first-order chi connectivity index (χ1) is 10.6. The van der Waals surface area contributed by atoms with Crippen molar-refractivity contribution in [1.29, 1.82) is 0 Å². The number of likely N-dealkylation sites (tertiary alicyclic amines) is 1. The second-order valence-corrected chi connectivity index (χ2v) is 7.55. The molecule has 1 amide bonds. The Morgan fingerprint density at radius 3 is 2.91 bits per heavy atom. The lowest BCUT2D eigenvalue weighted by molar-refractivity contribution is -0.167. The summed E-state index contributed by atoms with van der Waals surface area (Å²) in [4.78, 5) is 18.1. The molecule has 0 radical (unpaired) electrons. The maximum absolute atomic E-state index is 12.4. The number of rotatable bonds is 0. The molecular formula is C16H21ClN2O4. The van der Waals surface area contributed by atoms with Gasteiger partial charge in [0.15, 0.2) is 6.29 Å². The molecule has 126 valence electrons. The van der Waals surface area contributed by atoms with Gasteiger partial charge in [-0.05, 0) is 39.3 Å². The second kappa shape index (κ2) is 5.33. The van der Waals surface area contributed by atoms with Gasteiger partial charge in [0.2, 0.25) is 0 Å². The average Bonchev–Trinajstić information content (AvgIpc) is 2.87. The van der Waals surface area contributed by atoms with Gasteiger partial charge in [-0.15, -0.1) is 0 Å². The predicted molar refractivity (Wildman–Crippen MR) is 84.0 cm³/mol. The first-order valence-corrected chi connectivity index (χ1v) is 8.01. The SMILES string of the molecule is C[C@H]1CC2(CN1C(=O)OC(C)(C)C)OC(O)c1c2ccnc1Cl. The van der Waals surface area contributed by atoms with Gasteiger partial charge in [-0.1, -0.05) is 11.6 Å². The van der Waals surface area contributed by atoms with Crippen LogP contribution in [0.15, 0.2) is 12.3 Å². The molecule has 1 aromatic rings. The summed E-state index contributed by atoms with van der Waals surface area (Å²) in [5.74, 6) is 0. The van der Waals surface area contributed by atoms with Crippen LogP contribution in [0.2, 0.25) is 5.15 Å². The highest BCUT2D eigenvalue weighted by Crippen LogP contribution is 2.51. The summed E-state index contributed by atoms with van der Waals surface area (Å²) < 4.78 is 11.3. The molecule has 3 atom stereocenters. The van der Waals surface area contributed by atoms with Gasteiger partial charge in [0.25, 0.3) is 0 Å². The third kappa shape index (κ3) is 2.79. The Bertz CT molecular complexity index is 645. The number of pyridine rings is 1. The molecule has 0 saturated carbocycles. The quantitative estimate of drug-likeness (QED) is 0.735. The van der Waals surface area contributed by atoms with Gasteiger partial charge in [-0.25, -0.2) is 9.78 Å². The molecule has 0 aromatic carbocycles. The standard InChI is InChI=1S/C16H21ClN2O4/c1-9-7-16(8-19(9)14(21)23-15(2,3)4)10-5-6-18-12(17)11(10)13(20)22-16/h5-6,9,13,20H,7-8H2,1-4H3/t9-,13?,16?/m0/s1. The zero-order valence-electron chi connectivity index (χ0n) is 13.7. The Morgan fingerprint density at radius 2 is 2.26 bits per heavy atom. The van der Waals surface area contributed by atoms with Gasteiger partial charge < -0.3 is 19.5 Å². The molecule has 1 saturated heterocycles. The lowest BCUT2D eigenvalue weighted by Crippen LogP contribution is -2.40. The number of hydrogen-bond donors (Lipinski definition) is 1. The van der Waals surface area contributed by atoms with Gasteiger partial charge >= 0.3 is 6.09 Å². The number of halogens is 1. The zero-order chi connectivity index (χ0) is 17.0. The summed E-state index contributed by atoms with van der Waals surface area (Å²) in [5, 5.41) is 10.4. The number of aliphatic hydroxyl groups excluding tert-OH is 1. The number of aliphatic hydroxyl groups is 1. The number of ether oxygens (including phenoxy) is 2. The van der Waals surface area contributed by atoms with E-state index in [1.807, 2.05) is 27.7 Å². The fourth-order valence-electron chi connectivity index (χ4n) is 3.34. The van der Waals surface area contributed by atoms with E-state index in [-0.39, 0.29) is 17.3 Å². The largest absolute Gasteiger partial charge is 0.444 e. The summed E-state index contributed by atoms with van der Waals surface area (Å²) in [6.45, 7) is 7.75. The first-order valence-electron chi connectivity index (χ1n) is 7.63. The zero-order valence-corrected chi connectivity index (χ0v) is 14.4. The third-order valence-electron chi connectivity index (χ3n) is 4.23. The number of aromatic nitrogens is 1. The summed E-state index contributed by atoms with van der Waals surface area (Å²) in [6.07, 6.45) is 0.646. The number of carbonyl (C=O) groups excluding carboxylic acids is 1. The Morgan fingerprint density at radius 1 is 1.57 bits per heavy atom. The minimum Gasteiger partial charge on any atom is -0.444 e. The molecule has 1 fully saturated rings. The topological polar surface area (TPSA) is 71.9 Å². The monoisotopic (exact) mass is 340 g/mol. The molecule has 1 N–H and O–H groups in total. The summed E-state index contributed by atoms with van der Waals surface area (Å²) >= 11 is 6.09. The molecule has 1 aromatic heterocycles. The van der Waals surface area contributed by atoms with Crippen LogP contribution in [0.3, 0.4) is 0 Å². The van der Waals surface area contributed by atoms with Crippen LogP contribution < -0.4 is 0 Å². The average molecular weight is 341 g/mol. The van der Waals surface area contributed by atoms with Gasteiger partial charge in [0, 0.05) is 18.7 Å². The lowest BCUT2D eigenvalue weighted by Gasteiger charge is -2.28. The van der Waals surface area contributed by atoms with Gasteiger partial charge in [0.05, 0.1) is 12.1 Å². The van der Waals surface area contributed by atoms with E-state index in [0.29, 0.717) is 18.5 Å². The van der Waals surface area contributed by atoms with Crippen LogP contribution in [-0.2, 0) is 15.1 Å². The van der Waals surface area contributed by atoms with E-state index in [4.69, 9.17) is 21.1 Å². The van der Waals surface area contributed by atoms with Crippen LogP contribution in [0.5, 0.6) is 0 Å². The van der Waals surface area contributed by atoms with E-state index < -0.39 is 17.5 Å². The Kier molecular flexibility index (Phi) is 3.82. The summed E-state index contributed by atoms with van der Waals surface area (Å²) in [5.41, 5.74) is -0.0407. The molecule has 2 aliphatic heterocycles. The van der Waals surface area contributed by atoms with Crippen molar-refractivity contribution >= 4 is 17.7 Å². The third-order valence-corrected chi connectivity index (χ3v) is 4.53. The molecule has 3 heterocycles. The Labute approximate surface area is 140 Å². The van der Waals surface area contributed by atoms with E-state index in [0.717, 1.165) is 5.56 Å². The number of hydrogen-bond acceptors (Lipinski definition) is 5. The van der Waals surface area contributed by atoms with Crippen LogP contribution in [-0.4, -0.2) is 39.3 Å². The second-order valence-electron chi connectivity index (χ2n) is 7.19. The molecule has 1 spiro atoms. The van der Waals surface area contributed by atoms with Crippen molar-refractivity contribution in [3.05, 3.63) is 28.5 Å². The number of fused-ring (bicyclic) bond motifs is 2. The molecule has 23 heavy (non-hydrogen) atoms. The smallest absolute Gasteiger partial charge is 0.410 e. The fraction of sp³-hybridized carbons (Fsp3) is 0.625. The van der Waals surface area contributed by atoms with Gasteiger partial charge in [-0.3, -0.25) is 0 Å². The molecule has 0 bridgehead atoms. The molecule has 7 heteroatoms. The highest BCUT2D eigenvalue weighted by atomic mass is 35.5. The lowest BCUT2D eigenvalue weighted by atomic mass is 9.91. The fourth-order valence-corrected chi connectivity index (χ4v) is 3.60. The van der Waals surface area contributed by atoms with Crippen molar-refractivity contribution < 1.29 is 19.4 Å². The number of amides is 1. The van der Waals surface area contributed by atoms with Crippen molar-refractivity contribution in [3.8, 4) is 0 Å². The molecule has 0 aliphatic carbocycles. The number of nitrogens with zero attached hydrogens (tertiary/aromatic N) is 2. The minimum absolute atomic E-state index is 0.0741. The van der Waals surface area contributed by atoms with E-state index in [1.54, 1.807) is 17.2 Å². The molecule has 3 rings (SSSR count). The van der Waals surface area contributed by atoms with E-state index in [2.05, 4.69) is 4.98 Å². The van der Waals surface area contributed by atoms with Gasteiger partial charge in [-0.2, -0.15) is 0 Å². The van der Waals surface area contributed by atoms with Crippen molar-refractivity contribution in [2.75, 3.05) is 6.54 Å². The molecule has 2 aliphatic rings. The summed E-state index contributed by atoms with van der Waals surface area (Å²) in [7, 11) is 0. The minimum atomic E-state index is -1.13. The molecular weight excluding hydrogens is 320 g/mol. The normalized spacial score (nSPS) is 29.9. The van der Waals surface area contributed by atoms with Crippen LogP contribution in [0.25, 0.3) is 0 Å². The van der Waals surface area contributed by atoms with Crippen LogP contribution in [0, 0.1) is 0 Å². The van der Waals surface area contributed by atoms with Crippen molar-refractivity contribution in [1.82, 2.24) is 9.88 Å². The van der Waals surface area contributed by atoms with Crippen molar-refractivity contribution in [2.45, 2.75) is 57.6 Å². The predicted octanol–water partition coefficient (Wildman–Crippen LogP) is 2.98. The highest BCUT2D eigenvalue weighted by molar-refractivity contribution is 6.30. The van der Waals surface area contributed by atoms with Crippen LogP contribution in [0.4, 0.5) is 4.79 Å². The van der Waals surface area contributed by atoms with E-state index in [1.165, 1.54) is 0 Å². The van der Waals surface area contributed by atoms with Gasteiger partial charge in [0.1, 0.15) is 16.4 Å². The molecule has 2 unspecified atom stereocenters. The summed E-state index contributed by atoms with van der Waals surface area (Å²) in [6, 6.07) is 1.72. The maximum atomic E-state index is 12.4. The number of carbonyl (C=O) groups is 1. The van der Waals surface area contributed by atoms with E-state index in [9.17, 15) is 9.90 Å².